The van der Waals surface area contributed by atoms with E-state index in [9.17, 15) is 4.79 Å². The fourth-order valence-corrected chi connectivity index (χ4v) is 5.09. The van der Waals surface area contributed by atoms with Crippen LogP contribution in [0, 0.1) is 0 Å². The standard InChI is InChI=1S/C20H21N3OS2/c24-19(7-6-16-9-11-25-14-16)22-20-21-17-8-10-23(13-18(17)26-20)12-15-4-2-1-3-5-15/h1-5,9,11,14H,6-8,10,12-13H2,(H,21,22,24)/p+1. The zero-order chi connectivity index (χ0) is 17.8. The van der Waals surface area contributed by atoms with Gasteiger partial charge in [-0.1, -0.05) is 41.7 Å². The summed E-state index contributed by atoms with van der Waals surface area (Å²) >= 11 is 3.31. The second-order valence-electron chi connectivity index (χ2n) is 6.66. The van der Waals surface area contributed by atoms with Gasteiger partial charge in [0.2, 0.25) is 5.91 Å². The number of aromatic nitrogens is 1. The van der Waals surface area contributed by atoms with Crippen LogP contribution in [-0.2, 0) is 30.7 Å². The molecule has 1 aromatic carbocycles. The lowest BCUT2D eigenvalue weighted by molar-refractivity contribution is -0.929. The van der Waals surface area contributed by atoms with Gasteiger partial charge in [-0.25, -0.2) is 4.98 Å². The van der Waals surface area contributed by atoms with E-state index in [1.54, 1.807) is 27.6 Å². The third-order valence-electron chi connectivity index (χ3n) is 4.67. The summed E-state index contributed by atoms with van der Waals surface area (Å²) in [7, 11) is 0. The molecule has 2 aromatic heterocycles. The minimum Gasteiger partial charge on any atom is -0.326 e. The predicted octanol–water partition coefficient (Wildman–Crippen LogP) is 2.92. The number of carbonyl (C=O) groups excluding carboxylic acids is 1. The minimum atomic E-state index is 0.0517. The Morgan fingerprint density at radius 2 is 2.08 bits per heavy atom. The highest BCUT2D eigenvalue weighted by Crippen LogP contribution is 2.24. The van der Waals surface area contributed by atoms with Crippen molar-refractivity contribution in [1.29, 1.82) is 0 Å². The summed E-state index contributed by atoms with van der Waals surface area (Å²) in [6.45, 7) is 3.13. The topological polar surface area (TPSA) is 46.4 Å². The van der Waals surface area contributed by atoms with E-state index in [2.05, 4.69) is 52.1 Å². The first-order valence-electron chi connectivity index (χ1n) is 8.93. The molecular weight excluding hydrogens is 362 g/mol. The quantitative estimate of drug-likeness (QED) is 0.686. The number of quaternary nitrogens is 1. The number of nitrogens with zero attached hydrogens (tertiary/aromatic N) is 1. The van der Waals surface area contributed by atoms with Crippen molar-refractivity contribution >= 4 is 33.7 Å². The number of nitrogens with one attached hydrogen (secondary N) is 2. The summed E-state index contributed by atoms with van der Waals surface area (Å²) < 4.78 is 0. The zero-order valence-corrected chi connectivity index (χ0v) is 16.2. The van der Waals surface area contributed by atoms with Crippen molar-refractivity contribution in [3.8, 4) is 0 Å². The van der Waals surface area contributed by atoms with Gasteiger partial charge in [0.1, 0.15) is 13.1 Å². The number of hydrogen-bond donors (Lipinski definition) is 2. The normalized spacial score (nSPS) is 16.2. The largest absolute Gasteiger partial charge is 0.326 e. The van der Waals surface area contributed by atoms with Crippen LogP contribution in [0.4, 0.5) is 5.13 Å². The van der Waals surface area contributed by atoms with Crippen molar-refractivity contribution in [1.82, 2.24) is 4.98 Å². The molecule has 0 fully saturated rings. The van der Waals surface area contributed by atoms with Crippen LogP contribution >= 0.6 is 22.7 Å². The monoisotopic (exact) mass is 384 g/mol. The number of thiophene rings is 1. The first-order valence-corrected chi connectivity index (χ1v) is 10.7. The fraction of sp³-hybridized carbons (Fsp3) is 0.300. The van der Waals surface area contributed by atoms with Crippen molar-refractivity contribution in [3.05, 3.63) is 68.9 Å². The number of anilines is 1. The summed E-state index contributed by atoms with van der Waals surface area (Å²) in [5.41, 5.74) is 3.76. The highest BCUT2D eigenvalue weighted by molar-refractivity contribution is 7.15. The van der Waals surface area contributed by atoms with E-state index in [1.807, 2.05) is 5.38 Å². The van der Waals surface area contributed by atoms with Crippen LogP contribution in [-0.4, -0.2) is 17.4 Å². The second-order valence-corrected chi connectivity index (χ2v) is 8.52. The summed E-state index contributed by atoms with van der Waals surface area (Å²) in [5.74, 6) is 0.0517. The van der Waals surface area contributed by atoms with E-state index >= 15 is 0 Å². The fourth-order valence-electron chi connectivity index (χ4n) is 3.29. The van der Waals surface area contributed by atoms with Crippen LogP contribution in [0.3, 0.4) is 0 Å². The van der Waals surface area contributed by atoms with Crippen molar-refractivity contribution in [3.63, 3.8) is 0 Å². The number of rotatable bonds is 6. The maximum Gasteiger partial charge on any atom is 0.226 e. The van der Waals surface area contributed by atoms with Gasteiger partial charge in [0.05, 0.1) is 17.1 Å². The summed E-state index contributed by atoms with van der Waals surface area (Å²) in [6, 6.07) is 12.7. The lowest BCUT2D eigenvalue weighted by atomic mass is 10.1. The lowest BCUT2D eigenvalue weighted by Gasteiger charge is -2.22. The number of benzene rings is 1. The average molecular weight is 385 g/mol. The van der Waals surface area contributed by atoms with Crippen molar-refractivity contribution in [2.45, 2.75) is 32.4 Å². The van der Waals surface area contributed by atoms with E-state index in [1.165, 1.54) is 21.7 Å². The van der Waals surface area contributed by atoms with Crippen LogP contribution < -0.4 is 10.2 Å². The number of amides is 1. The number of fused-ring (bicyclic) bond motifs is 1. The first kappa shape index (κ1) is 17.4. The summed E-state index contributed by atoms with van der Waals surface area (Å²) in [5, 5.41) is 7.89. The Labute approximate surface area is 161 Å². The molecule has 4 nitrogen and oxygen atoms in total. The molecule has 0 saturated carbocycles. The highest BCUT2D eigenvalue weighted by Gasteiger charge is 2.24. The van der Waals surface area contributed by atoms with Crippen molar-refractivity contribution in [2.75, 3.05) is 11.9 Å². The van der Waals surface area contributed by atoms with Crippen molar-refractivity contribution < 1.29 is 9.69 Å². The number of hydrogen-bond acceptors (Lipinski definition) is 4. The Kier molecular flexibility index (Phi) is 5.43. The molecule has 4 rings (SSSR count). The van der Waals surface area contributed by atoms with Crippen LogP contribution in [0.25, 0.3) is 0 Å². The Hall–Kier alpha value is -2.02. The second kappa shape index (κ2) is 8.12. The Morgan fingerprint density at radius 3 is 2.88 bits per heavy atom. The van der Waals surface area contributed by atoms with Crippen molar-refractivity contribution in [2.24, 2.45) is 0 Å². The van der Waals surface area contributed by atoms with Crippen LogP contribution in [0.5, 0.6) is 0 Å². The molecule has 0 spiro atoms. The highest BCUT2D eigenvalue weighted by atomic mass is 32.1. The van der Waals surface area contributed by atoms with E-state index < -0.39 is 0 Å². The maximum absolute atomic E-state index is 12.2. The number of aryl methyl sites for hydroxylation is 1. The van der Waals surface area contributed by atoms with E-state index in [0.717, 1.165) is 37.6 Å². The average Bonchev–Trinajstić information content (AvgIpc) is 3.29. The molecular formula is C20H22N3OS2+. The SMILES string of the molecule is O=C(CCc1ccsc1)Nc1nc2c(s1)C[NH+](Cc1ccccc1)CC2. The molecule has 1 aliphatic heterocycles. The molecule has 1 atom stereocenters. The van der Waals surface area contributed by atoms with Crippen LogP contribution in [0.2, 0.25) is 0 Å². The van der Waals surface area contributed by atoms with E-state index in [4.69, 9.17) is 0 Å². The Morgan fingerprint density at radius 1 is 1.19 bits per heavy atom. The molecule has 2 N–H and O–H groups in total. The van der Waals surface area contributed by atoms with Gasteiger partial charge < -0.3 is 10.2 Å². The van der Waals surface area contributed by atoms with Crippen LogP contribution in [0.1, 0.15) is 28.1 Å². The summed E-state index contributed by atoms with van der Waals surface area (Å²) in [4.78, 5) is 19.7. The van der Waals surface area contributed by atoms with Gasteiger partial charge >= 0.3 is 0 Å². The van der Waals surface area contributed by atoms with Gasteiger partial charge in [-0.2, -0.15) is 11.3 Å². The molecule has 0 saturated heterocycles. The van der Waals surface area contributed by atoms with Gasteiger partial charge in [-0.05, 0) is 28.8 Å². The number of carbonyl (C=O) groups is 1. The van der Waals surface area contributed by atoms with Gasteiger partial charge in [-0.3, -0.25) is 4.79 Å². The predicted molar refractivity (Wildman–Crippen MR) is 107 cm³/mol. The molecule has 0 radical (unpaired) electrons. The molecule has 3 heterocycles. The third kappa shape index (κ3) is 4.38. The molecule has 134 valence electrons. The molecule has 1 unspecified atom stereocenters. The zero-order valence-electron chi connectivity index (χ0n) is 14.5. The molecule has 6 heteroatoms. The Balaban J connectivity index is 1.33. The maximum atomic E-state index is 12.2. The molecule has 26 heavy (non-hydrogen) atoms. The van der Waals surface area contributed by atoms with E-state index in [-0.39, 0.29) is 5.91 Å². The molecule has 0 bridgehead atoms. The van der Waals surface area contributed by atoms with E-state index in [0.29, 0.717) is 6.42 Å². The number of thiazole rings is 1. The van der Waals surface area contributed by atoms with Gasteiger partial charge in [0.15, 0.2) is 5.13 Å². The molecule has 0 aliphatic carbocycles. The lowest BCUT2D eigenvalue weighted by Crippen LogP contribution is -3.10. The minimum absolute atomic E-state index is 0.0517. The molecule has 1 amide bonds. The van der Waals surface area contributed by atoms with Gasteiger partial charge in [0, 0.05) is 18.4 Å². The van der Waals surface area contributed by atoms with Gasteiger partial charge in [-0.15, -0.1) is 0 Å². The molecule has 3 aromatic rings. The summed E-state index contributed by atoms with van der Waals surface area (Å²) in [6.07, 6.45) is 2.28. The smallest absolute Gasteiger partial charge is 0.226 e. The van der Waals surface area contributed by atoms with Crippen LogP contribution in [0.15, 0.2) is 47.2 Å². The van der Waals surface area contributed by atoms with Gasteiger partial charge in [0.25, 0.3) is 0 Å². The third-order valence-corrected chi connectivity index (χ3v) is 6.41. The Bertz CT molecular complexity index is 859. The molecule has 1 aliphatic rings. The first-order chi connectivity index (χ1) is 12.8.